The number of aliphatic carboxylic acids is 1. The molecule has 0 saturated heterocycles. The molecule has 1 fully saturated rings. The van der Waals surface area contributed by atoms with Gasteiger partial charge in [-0.25, -0.2) is 19.4 Å². The Bertz CT molecular complexity index is 2040. The Kier molecular flexibility index (Phi) is 15.0. The molecule has 6 N–H and O–H groups in total. The lowest BCUT2D eigenvalue weighted by Gasteiger charge is -2.19. The topological polar surface area (TPSA) is 255 Å². The molecule has 3 amide bonds. The molecule has 1 aliphatic rings. The highest BCUT2D eigenvalue weighted by atomic mass is 16.7. The number of benzene rings is 2. The molecule has 17 heteroatoms. The number of rotatable bonds is 18. The van der Waals surface area contributed by atoms with Gasteiger partial charge in [-0.05, 0) is 80.1 Å². The first kappa shape index (κ1) is 43.1. The summed E-state index contributed by atoms with van der Waals surface area (Å²) in [6.45, 7) is 8.69. The smallest absolute Gasteiger partial charge is 0.435 e. The van der Waals surface area contributed by atoms with Gasteiger partial charge in [-0.3, -0.25) is 14.4 Å². The van der Waals surface area contributed by atoms with Gasteiger partial charge in [0.05, 0.1) is 19.6 Å². The number of anilines is 1. The van der Waals surface area contributed by atoms with Crippen LogP contribution in [0.5, 0.6) is 5.75 Å². The van der Waals surface area contributed by atoms with Gasteiger partial charge in [0.15, 0.2) is 11.8 Å². The van der Waals surface area contributed by atoms with Crippen molar-refractivity contribution < 1.29 is 57.9 Å². The van der Waals surface area contributed by atoms with Crippen molar-refractivity contribution in [2.24, 2.45) is 22.6 Å². The number of carbonyl (C=O) groups excluding carboxylic acids is 5. The third kappa shape index (κ3) is 12.2. The second kappa shape index (κ2) is 19.8. The van der Waals surface area contributed by atoms with Crippen LogP contribution in [0.1, 0.15) is 88.9 Å². The number of hydrogen-bond acceptors (Lipinski definition) is 12. The largest absolute Gasteiger partial charge is 0.496 e. The number of ether oxygens (including phenoxy) is 4. The molecule has 3 aromatic rings. The Morgan fingerprint density at radius 3 is 2.32 bits per heavy atom. The maximum absolute atomic E-state index is 14.0. The van der Waals surface area contributed by atoms with Crippen molar-refractivity contribution in [3.05, 3.63) is 83.2 Å². The third-order valence-corrected chi connectivity index (χ3v) is 8.50. The molecular weight excluding hydrogens is 742 g/mol. The van der Waals surface area contributed by atoms with Crippen LogP contribution in [0.2, 0.25) is 0 Å². The number of hydrogen-bond donors (Lipinski definition) is 5. The summed E-state index contributed by atoms with van der Waals surface area (Å²) in [5.41, 5.74) is 6.95. The first-order valence-electron chi connectivity index (χ1n) is 18.0. The van der Waals surface area contributed by atoms with Crippen LogP contribution in [0.3, 0.4) is 0 Å². The number of methoxy groups -OCH3 is 1. The van der Waals surface area contributed by atoms with Crippen LogP contribution in [0.25, 0.3) is 17.2 Å². The maximum atomic E-state index is 14.0. The number of aliphatic hydroxyl groups excluding tert-OH is 1. The number of nitrogens with two attached hydrogens (primary N) is 1. The Morgan fingerprint density at radius 1 is 1.00 bits per heavy atom. The third-order valence-electron chi connectivity index (χ3n) is 8.50. The highest BCUT2D eigenvalue weighted by Gasteiger charge is 2.28. The van der Waals surface area contributed by atoms with Crippen LogP contribution in [-0.2, 0) is 23.8 Å². The second-order valence-electron chi connectivity index (χ2n) is 13.3. The van der Waals surface area contributed by atoms with Gasteiger partial charge in [0.2, 0.25) is 6.29 Å². The van der Waals surface area contributed by atoms with Crippen LogP contribution in [0.4, 0.5) is 10.5 Å². The molecule has 1 saturated carbocycles. The SMILES string of the molecule is C=Cc1cc(C(=O)Nc2ccc(C(N)=NC(=O)OCCC[C@H](O)C(=O)O)cc2)c(-c2ccc(C(=O)NCC3CC3)nc2C(=O)OC(C)OC(=O)C(C)C)cc1OC. The number of carboxylic acid groups (broad SMARTS) is 1. The minimum atomic E-state index is -1.57. The van der Waals surface area contributed by atoms with E-state index in [0.717, 1.165) is 12.8 Å². The molecule has 302 valence electrons. The quantitative estimate of drug-likeness (QED) is 0.0390. The van der Waals surface area contributed by atoms with Gasteiger partial charge in [-0.15, -0.1) is 0 Å². The van der Waals surface area contributed by atoms with Gasteiger partial charge in [0, 0.05) is 47.0 Å². The molecule has 4 rings (SSSR count). The molecule has 1 heterocycles. The van der Waals surface area contributed by atoms with E-state index in [9.17, 15) is 33.9 Å². The van der Waals surface area contributed by atoms with Gasteiger partial charge < -0.3 is 45.5 Å². The minimum absolute atomic E-state index is 0.0514. The fourth-order valence-electron chi connectivity index (χ4n) is 5.16. The number of carboxylic acids is 1. The van der Waals surface area contributed by atoms with Crippen molar-refractivity contribution in [3.63, 3.8) is 0 Å². The average molecular weight is 788 g/mol. The zero-order chi connectivity index (χ0) is 41.8. The predicted octanol–water partition coefficient (Wildman–Crippen LogP) is 4.56. The molecule has 0 radical (unpaired) electrons. The average Bonchev–Trinajstić information content (AvgIpc) is 4.02. The van der Waals surface area contributed by atoms with E-state index in [0.29, 0.717) is 35.0 Å². The van der Waals surface area contributed by atoms with E-state index in [-0.39, 0.29) is 53.4 Å². The number of nitrogens with one attached hydrogen (secondary N) is 2. The van der Waals surface area contributed by atoms with Gasteiger partial charge in [0.1, 0.15) is 17.3 Å². The van der Waals surface area contributed by atoms with Crippen molar-refractivity contribution in [2.75, 3.05) is 25.6 Å². The van der Waals surface area contributed by atoms with Gasteiger partial charge in [-0.1, -0.05) is 26.5 Å². The monoisotopic (exact) mass is 787 g/mol. The first-order valence-corrected chi connectivity index (χ1v) is 18.0. The summed E-state index contributed by atoms with van der Waals surface area (Å²) in [6.07, 6.45) is -0.451. The zero-order valence-electron chi connectivity index (χ0n) is 31.9. The second-order valence-corrected chi connectivity index (χ2v) is 13.3. The number of aliphatic hydroxyl groups is 1. The van der Waals surface area contributed by atoms with Crippen molar-refractivity contribution in [1.29, 1.82) is 0 Å². The van der Waals surface area contributed by atoms with Gasteiger partial charge in [-0.2, -0.15) is 4.99 Å². The summed E-state index contributed by atoms with van der Waals surface area (Å²) in [6, 6.07) is 11.9. The summed E-state index contributed by atoms with van der Waals surface area (Å²) >= 11 is 0. The highest BCUT2D eigenvalue weighted by Crippen LogP contribution is 2.35. The summed E-state index contributed by atoms with van der Waals surface area (Å²) in [5, 5.41) is 23.6. The molecule has 2 atom stereocenters. The molecule has 17 nitrogen and oxygen atoms in total. The number of aliphatic imine (C=N–C) groups is 1. The first-order chi connectivity index (χ1) is 27.1. The van der Waals surface area contributed by atoms with E-state index < -0.39 is 54.1 Å². The molecule has 57 heavy (non-hydrogen) atoms. The van der Waals surface area contributed by atoms with Crippen molar-refractivity contribution in [2.45, 2.75) is 58.8 Å². The summed E-state index contributed by atoms with van der Waals surface area (Å²) < 4.78 is 21.2. The Morgan fingerprint density at radius 2 is 1.70 bits per heavy atom. The van der Waals surface area contributed by atoms with Crippen molar-refractivity contribution in [1.82, 2.24) is 10.3 Å². The Labute approximate surface area is 328 Å². The molecular formula is C40H45N5O12. The molecule has 0 bridgehead atoms. The van der Waals surface area contributed by atoms with Crippen LogP contribution >= 0.6 is 0 Å². The minimum Gasteiger partial charge on any atom is -0.496 e. The van der Waals surface area contributed by atoms with E-state index in [1.807, 2.05) is 0 Å². The number of aromatic nitrogens is 1. The van der Waals surface area contributed by atoms with Crippen LogP contribution in [-0.4, -0.2) is 89.5 Å². The number of amides is 3. The van der Waals surface area contributed by atoms with Crippen molar-refractivity contribution in [3.8, 4) is 16.9 Å². The normalized spacial score (nSPS) is 13.5. The number of amidine groups is 1. The summed E-state index contributed by atoms with van der Waals surface area (Å²) in [7, 11) is 1.42. The molecule has 1 aromatic heterocycles. The summed E-state index contributed by atoms with van der Waals surface area (Å²) in [5.74, 6) is -4.17. The lowest BCUT2D eigenvalue weighted by Crippen LogP contribution is -2.28. The summed E-state index contributed by atoms with van der Waals surface area (Å²) in [4.78, 5) is 83.9. The van der Waals surface area contributed by atoms with E-state index >= 15 is 0 Å². The molecule has 0 aliphatic heterocycles. The Balaban J connectivity index is 1.63. The lowest BCUT2D eigenvalue weighted by molar-refractivity contribution is -0.169. The molecule has 1 aliphatic carbocycles. The lowest BCUT2D eigenvalue weighted by atomic mass is 9.94. The molecule has 2 aromatic carbocycles. The molecule has 0 spiro atoms. The number of pyridine rings is 1. The zero-order valence-corrected chi connectivity index (χ0v) is 31.9. The van der Waals surface area contributed by atoms with Crippen LogP contribution in [0, 0.1) is 11.8 Å². The number of carbonyl (C=O) groups is 6. The highest BCUT2D eigenvalue weighted by molar-refractivity contribution is 6.11. The van der Waals surface area contributed by atoms with Crippen LogP contribution < -0.4 is 21.1 Å². The van der Waals surface area contributed by atoms with E-state index in [2.05, 4.69) is 27.2 Å². The predicted molar refractivity (Wildman–Crippen MR) is 207 cm³/mol. The van der Waals surface area contributed by atoms with Crippen molar-refractivity contribution >= 4 is 53.4 Å². The Hall–Kier alpha value is -6.62. The van der Waals surface area contributed by atoms with Crippen LogP contribution in [0.15, 0.2) is 60.1 Å². The van der Waals surface area contributed by atoms with Gasteiger partial charge >= 0.3 is 24.0 Å². The number of esters is 2. The maximum Gasteiger partial charge on any atom is 0.435 e. The standard InChI is InChI=1S/C40H45N5O12/c1-6-24-18-29(35(47)43-26-13-11-25(12-14-26)34(41)45-40(53)55-17-7-8-31(46)37(49)50)28(19-32(24)54-5)27-15-16-30(36(48)42-20-23-9-10-23)44-33(27)39(52)57-22(4)56-38(51)21(2)3/h6,11-16,18-19,21-23,31,46H,1,7-10,17,20H2,2-5H3,(H,42,48)(H,43,47)(H,49,50)(H2,41,45,53)/t22?,31-/m0/s1. The van der Waals surface area contributed by atoms with E-state index in [4.69, 9.17) is 29.8 Å². The fraction of sp³-hybridized carbons (Fsp3) is 0.350. The van der Waals surface area contributed by atoms with E-state index in [1.54, 1.807) is 13.8 Å². The fourth-order valence-corrected chi connectivity index (χ4v) is 5.16. The van der Waals surface area contributed by atoms with E-state index in [1.165, 1.54) is 68.6 Å². The molecule has 1 unspecified atom stereocenters. The number of nitrogens with zero attached hydrogens (tertiary/aromatic N) is 2. The van der Waals surface area contributed by atoms with Gasteiger partial charge in [0.25, 0.3) is 11.8 Å².